The van der Waals surface area contributed by atoms with Crippen LogP contribution in [0, 0.1) is 13.8 Å². The van der Waals surface area contributed by atoms with E-state index in [-0.39, 0.29) is 12.0 Å². The van der Waals surface area contributed by atoms with Crippen molar-refractivity contribution in [1.29, 1.82) is 0 Å². The molecule has 0 radical (unpaired) electrons. The normalized spacial score (nSPS) is 12.8. The number of carbonyl (C=O) groups is 1. The Morgan fingerprint density at radius 2 is 1.59 bits per heavy atom. The lowest BCUT2D eigenvalue weighted by atomic mass is 10.1. The largest absolute Gasteiger partial charge is 0.493 e. The van der Waals surface area contributed by atoms with Crippen molar-refractivity contribution in [1.82, 2.24) is 9.97 Å². The van der Waals surface area contributed by atoms with Crippen LogP contribution < -0.4 is 23.8 Å². The molecule has 1 saturated carbocycles. The number of hydrogen-bond acceptors (Lipinski definition) is 7. The smallest absolute Gasteiger partial charge is 0.263 e. The number of hydrogen-bond donors (Lipinski definition) is 0. The first-order valence-corrected chi connectivity index (χ1v) is 12.1. The van der Waals surface area contributed by atoms with E-state index in [9.17, 15) is 4.79 Å². The standard InChI is InChI=1S/C29H29N3O5/c1-17-12-19(32(3)29(33)22-16-30-10-8-25(22)36-20-6-7-20)13-18(2)28(17)37-24-9-11-31-23-15-27(35-5)26(34-4)14-21(23)24/h8-16,20H,6-7H2,1-5H3. The van der Waals surface area contributed by atoms with Crippen LogP contribution in [0.5, 0.6) is 28.7 Å². The zero-order valence-electron chi connectivity index (χ0n) is 21.6. The van der Waals surface area contributed by atoms with Gasteiger partial charge in [0.2, 0.25) is 0 Å². The summed E-state index contributed by atoms with van der Waals surface area (Å²) in [7, 11) is 4.94. The average molecular weight is 500 g/mol. The molecule has 0 bridgehead atoms. The number of aromatic nitrogens is 2. The van der Waals surface area contributed by atoms with Gasteiger partial charge in [-0.05, 0) is 68.1 Å². The molecule has 0 aliphatic heterocycles. The van der Waals surface area contributed by atoms with E-state index < -0.39 is 0 Å². The Morgan fingerprint density at radius 3 is 2.27 bits per heavy atom. The van der Waals surface area contributed by atoms with E-state index in [4.69, 9.17) is 18.9 Å². The number of methoxy groups -OCH3 is 2. The minimum atomic E-state index is -0.183. The summed E-state index contributed by atoms with van der Waals surface area (Å²) in [5, 5.41) is 0.801. The Morgan fingerprint density at radius 1 is 0.919 bits per heavy atom. The highest BCUT2D eigenvalue weighted by atomic mass is 16.5. The molecule has 0 N–H and O–H groups in total. The van der Waals surface area contributed by atoms with Crippen molar-refractivity contribution in [2.45, 2.75) is 32.8 Å². The number of amides is 1. The third kappa shape index (κ3) is 4.87. The Labute approximate surface area is 215 Å². The lowest BCUT2D eigenvalue weighted by Gasteiger charge is -2.22. The molecule has 2 heterocycles. The quantitative estimate of drug-likeness (QED) is 0.300. The molecule has 1 amide bonds. The lowest BCUT2D eigenvalue weighted by Crippen LogP contribution is -2.27. The van der Waals surface area contributed by atoms with Crippen LogP contribution in [0.3, 0.4) is 0 Å². The number of ether oxygens (including phenoxy) is 4. The number of fused-ring (bicyclic) bond motifs is 1. The van der Waals surface area contributed by atoms with Crippen molar-refractivity contribution in [2.75, 3.05) is 26.2 Å². The predicted octanol–water partition coefficient (Wildman–Crippen LogP) is 5.87. The molecule has 1 aliphatic carbocycles. The first-order valence-electron chi connectivity index (χ1n) is 12.1. The van der Waals surface area contributed by atoms with Crippen molar-refractivity contribution in [3.63, 3.8) is 0 Å². The van der Waals surface area contributed by atoms with Crippen molar-refractivity contribution < 1.29 is 23.7 Å². The highest BCUT2D eigenvalue weighted by molar-refractivity contribution is 6.07. The average Bonchev–Trinajstić information content (AvgIpc) is 3.73. The first kappa shape index (κ1) is 24.4. The summed E-state index contributed by atoms with van der Waals surface area (Å²) in [5.74, 6) is 2.94. The van der Waals surface area contributed by atoms with Gasteiger partial charge in [0.1, 0.15) is 22.8 Å². The highest BCUT2D eigenvalue weighted by Gasteiger charge is 2.27. The van der Waals surface area contributed by atoms with Gasteiger partial charge in [0, 0.05) is 42.8 Å². The van der Waals surface area contributed by atoms with Crippen LogP contribution >= 0.6 is 0 Å². The molecule has 37 heavy (non-hydrogen) atoms. The number of pyridine rings is 2. The minimum Gasteiger partial charge on any atom is -0.493 e. The van der Waals surface area contributed by atoms with Gasteiger partial charge >= 0.3 is 0 Å². The SMILES string of the molecule is COc1cc2nccc(Oc3c(C)cc(N(C)C(=O)c4cnccc4OC4CC4)cc3C)c2cc1OC. The molecule has 5 rings (SSSR count). The van der Waals surface area contributed by atoms with Crippen molar-refractivity contribution in [2.24, 2.45) is 0 Å². The summed E-state index contributed by atoms with van der Waals surface area (Å²) in [6.45, 7) is 3.92. The van der Waals surface area contributed by atoms with Crippen molar-refractivity contribution >= 4 is 22.5 Å². The Kier molecular flexibility index (Phi) is 6.56. The molecule has 8 nitrogen and oxygen atoms in total. The van der Waals surface area contributed by atoms with Crippen LogP contribution in [0.15, 0.2) is 55.0 Å². The van der Waals surface area contributed by atoms with Gasteiger partial charge < -0.3 is 23.8 Å². The van der Waals surface area contributed by atoms with Crippen LogP contribution in [0.25, 0.3) is 10.9 Å². The summed E-state index contributed by atoms with van der Waals surface area (Å²) >= 11 is 0. The number of anilines is 1. The van der Waals surface area contributed by atoms with Crippen LogP contribution in [0.4, 0.5) is 5.69 Å². The fraction of sp³-hybridized carbons (Fsp3) is 0.276. The van der Waals surface area contributed by atoms with Crippen LogP contribution in [0.2, 0.25) is 0 Å². The van der Waals surface area contributed by atoms with Crippen molar-refractivity contribution in [3.8, 4) is 28.7 Å². The number of benzene rings is 2. The summed E-state index contributed by atoms with van der Waals surface area (Å²) in [6, 6.07) is 11.1. The van der Waals surface area contributed by atoms with Gasteiger partial charge in [-0.2, -0.15) is 0 Å². The zero-order chi connectivity index (χ0) is 26.1. The Bertz CT molecular complexity index is 1460. The van der Waals surface area contributed by atoms with E-state index in [1.807, 2.05) is 44.2 Å². The van der Waals surface area contributed by atoms with E-state index in [0.717, 1.165) is 40.6 Å². The van der Waals surface area contributed by atoms with E-state index in [0.29, 0.717) is 34.3 Å². The zero-order valence-corrected chi connectivity index (χ0v) is 21.6. The second-order valence-corrected chi connectivity index (χ2v) is 9.10. The molecule has 8 heteroatoms. The van der Waals surface area contributed by atoms with E-state index in [2.05, 4.69) is 9.97 Å². The number of aryl methyl sites for hydroxylation is 2. The fourth-order valence-electron chi connectivity index (χ4n) is 4.24. The third-order valence-electron chi connectivity index (χ3n) is 6.39. The summed E-state index contributed by atoms with van der Waals surface area (Å²) in [4.78, 5) is 23.6. The van der Waals surface area contributed by atoms with Gasteiger partial charge in [-0.15, -0.1) is 0 Å². The Balaban J connectivity index is 1.44. The van der Waals surface area contributed by atoms with Gasteiger partial charge in [-0.25, -0.2) is 0 Å². The lowest BCUT2D eigenvalue weighted by molar-refractivity contribution is 0.0988. The maximum absolute atomic E-state index is 13.4. The molecule has 2 aromatic carbocycles. The van der Waals surface area contributed by atoms with Crippen LogP contribution in [-0.2, 0) is 0 Å². The molecule has 0 spiro atoms. The molecular weight excluding hydrogens is 470 g/mol. The predicted molar refractivity (Wildman–Crippen MR) is 141 cm³/mol. The van der Waals surface area contributed by atoms with Crippen LogP contribution in [0.1, 0.15) is 34.3 Å². The second-order valence-electron chi connectivity index (χ2n) is 9.10. The van der Waals surface area contributed by atoms with Gasteiger partial charge in [0.25, 0.3) is 5.91 Å². The number of nitrogens with zero attached hydrogens (tertiary/aromatic N) is 3. The molecule has 0 unspecified atom stereocenters. The van der Waals surface area contributed by atoms with E-state index in [1.54, 1.807) is 50.8 Å². The molecular formula is C29H29N3O5. The molecule has 1 aliphatic rings. The third-order valence-corrected chi connectivity index (χ3v) is 6.39. The van der Waals surface area contributed by atoms with Gasteiger partial charge in [0.05, 0.1) is 25.8 Å². The van der Waals surface area contributed by atoms with Gasteiger partial charge in [-0.1, -0.05) is 0 Å². The fourth-order valence-corrected chi connectivity index (χ4v) is 4.24. The molecule has 2 aromatic heterocycles. The molecule has 1 fully saturated rings. The van der Waals surface area contributed by atoms with Crippen molar-refractivity contribution in [3.05, 3.63) is 71.7 Å². The topological polar surface area (TPSA) is 83.0 Å². The Hall–Kier alpha value is -4.33. The van der Waals surface area contributed by atoms with Gasteiger partial charge in [-0.3, -0.25) is 14.8 Å². The summed E-state index contributed by atoms with van der Waals surface area (Å²) in [6.07, 6.45) is 7.11. The molecule has 0 saturated heterocycles. The van der Waals surface area contributed by atoms with Gasteiger partial charge in [0.15, 0.2) is 11.5 Å². The summed E-state index contributed by atoms with van der Waals surface area (Å²) < 4.78 is 23.2. The summed E-state index contributed by atoms with van der Waals surface area (Å²) in [5.41, 5.74) is 3.70. The minimum absolute atomic E-state index is 0.183. The number of rotatable bonds is 8. The molecule has 4 aromatic rings. The van der Waals surface area contributed by atoms with E-state index in [1.165, 1.54) is 0 Å². The maximum Gasteiger partial charge on any atom is 0.263 e. The van der Waals surface area contributed by atoms with Crippen LogP contribution in [-0.4, -0.2) is 43.2 Å². The maximum atomic E-state index is 13.4. The highest BCUT2D eigenvalue weighted by Crippen LogP contribution is 2.39. The first-order chi connectivity index (χ1) is 17.9. The number of carbonyl (C=O) groups excluding carboxylic acids is 1. The second kappa shape index (κ2) is 9.97. The molecule has 0 atom stereocenters. The monoisotopic (exact) mass is 499 g/mol. The molecule has 190 valence electrons. The van der Waals surface area contributed by atoms with E-state index >= 15 is 0 Å².